The third kappa shape index (κ3) is 3.37. The van der Waals surface area contributed by atoms with Gasteiger partial charge in [0, 0.05) is 29.9 Å². The Balaban J connectivity index is 1.72. The molecule has 1 aliphatic carbocycles. The first-order valence-electron chi connectivity index (χ1n) is 8.94. The lowest BCUT2D eigenvalue weighted by molar-refractivity contribution is 0.0799. The summed E-state index contributed by atoms with van der Waals surface area (Å²) >= 11 is 0. The zero-order valence-electron chi connectivity index (χ0n) is 14.5. The molecular weight excluding hydrogens is 286 g/mol. The number of amides is 1. The number of carbonyl (C=O) groups is 1. The molecule has 1 amide bonds. The van der Waals surface area contributed by atoms with E-state index in [0.29, 0.717) is 0 Å². The number of hydrogen-bond acceptors (Lipinski definition) is 3. The van der Waals surface area contributed by atoms with Crippen LogP contribution in [0.3, 0.4) is 0 Å². The normalized spacial score (nSPS) is 19.8. The maximum atomic E-state index is 12.8. The van der Waals surface area contributed by atoms with Gasteiger partial charge in [0.2, 0.25) is 0 Å². The molecule has 1 aromatic rings. The summed E-state index contributed by atoms with van der Waals surface area (Å²) in [5, 5.41) is 6.63. The van der Waals surface area contributed by atoms with Crippen LogP contribution in [0, 0.1) is 0 Å². The Morgan fingerprint density at radius 1 is 1.22 bits per heavy atom. The molecule has 0 atom stereocenters. The number of benzene rings is 1. The van der Waals surface area contributed by atoms with E-state index in [1.165, 1.54) is 37.7 Å². The van der Waals surface area contributed by atoms with E-state index in [9.17, 15) is 4.79 Å². The van der Waals surface area contributed by atoms with Gasteiger partial charge in [-0.3, -0.25) is 4.79 Å². The van der Waals surface area contributed by atoms with Crippen LogP contribution >= 0.6 is 0 Å². The maximum absolute atomic E-state index is 12.8. The van der Waals surface area contributed by atoms with Gasteiger partial charge >= 0.3 is 0 Å². The smallest absolute Gasteiger partial charge is 0.251 e. The summed E-state index contributed by atoms with van der Waals surface area (Å²) in [7, 11) is 4.29. The summed E-state index contributed by atoms with van der Waals surface area (Å²) in [5.74, 6) is 0.0809. The first-order valence-corrected chi connectivity index (χ1v) is 8.94. The summed E-state index contributed by atoms with van der Waals surface area (Å²) in [6.07, 6.45) is 8.28. The van der Waals surface area contributed by atoms with Crippen molar-refractivity contribution in [2.45, 2.75) is 50.5 Å². The highest BCUT2D eigenvalue weighted by Gasteiger charge is 2.34. The molecule has 0 unspecified atom stereocenters. The summed E-state index contributed by atoms with van der Waals surface area (Å²) in [6, 6.07) is 6.02. The molecule has 4 heteroatoms. The molecule has 3 rings (SSSR count). The molecule has 1 heterocycles. The largest absolute Gasteiger partial charge is 0.385 e. The summed E-state index contributed by atoms with van der Waals surface area (Å²) in [5.41, 5.74) is 3.28. The third-order valence-electron chi connectivity index (χ3n) is 5.65. The van der Waals surface area contributed by atoms with Crippen molar-refractivity contribution in [1.29, 1.82) is 0 Å². The van der Waals surface area contributed by atoms with Crippen molar-refractivity contribution in [2.24, 2.45) is 0 Å². The second kappa shape index (κ2) is 6.91. The van der Waals surface area contributed by atoms with Gasteiger partial charge in [0.05, 0.1) is 0 Å². The van der Waals surface area contributed by atoms with Crippen molar-refractivity contribution < 1.29 is 4.79 Å². The minimum atomic E-state index is 0.0809. The van der Waals surface area contributed by atoms with E-state index in [-0.39, 0.29) is 11.4 Å². The van der Waals surface area contributed by atoms with Crippen LogP contribution < -0.4 is 10.6 Å². The van der Waals surface area contributed by atoms with E-state index in [0.717, 1.165) is 37.2 Å². The van der Waals surface area contributed by atoms with Crippen LogP contribution in [-0.4, -0.2) is 43.5 Å². The van der Waals surface area contributed by atoms with Crippen LogP contribution in [0.4, 0.5) is 5.69 Å². The number of nitrogens with one attached hydrogen (secondary N) is 2. The molecule has 0 saturated heterocycles. The van der Waals surface area contributed by atoms with Crippen LogP contribution in [0.2, 0.25) is 0 Å². The van der Waals surface area contributed by atoms with Gasteiger partial charge in [-0.15, -0.1) is 0 Å². The third-order valence-corrected chi connectivity index (χ3v) is 5.65. The fraction of sp³-hybridized carbons (Fsp3) is 0.632. The minimum Gasteiger partial charge on any atom is -0.385 e. The fourth-order valence-electron chi connectivity index (χ4n) is 4.05. The van der Waals surface area contributed by atoms with Crippen molar-refractivity contribution in [1.82, 2.24) is 10.2 Å². The number of carbonyl (C=O) groups excluding carboxylic acids is 1. The second-order valence-corrected chi connectivity index (χ2v) is 7.22. The van der Waals surface area contributed by atoms with Gasteiger partial charge in [0.1, 0.15) is 0 Å². The van der Waals surface area contributed by atoms with Gasteiger partial charge in [-0.05, 0) is 57.5 Å². The number of rotatable bonds is 4. The van der Waals surface area contributed by atoms with E-state index in [1.807, 2.05) is 12.1 Å². The van der Waals surface area contributed by atoms with Gasteiger partial charge < -0.3 is 15.5 Å². The molecule has 1 aliphatic heterocycles. The highest BCUT2D eigenvalue weighted by atomic mass is 16.1. The molecule has 4 nitrogen and oxygen atoms in total. The van der Waals surface area contributed by atoms with Crippen LogP contribution in [-0.2, 0) is 6.42 Å². The highest BCUT2D eigenvalue weighted by Crippen LogP contribution is 2.32. The Morgan fingerprint density at radius 2 is 2.00 bits per heavy atom. The van der Waals surface area contributed by atoms with Crippen LogP contribution in [0.25, 0.3) is 0 Å². The lowest BCUT2D eigenvalue weighted by Crippen LogP contribution is -2.53. The Kier molecular flexibility index (Phi) is 4.90. The topological polar surface area (TPSA) is 44.4 Å². The molecule has 23 heavy (non-hydrogen) atoms. The van der Waals surface area contributed by atoms with Crippen molar-refractivity contribution in [3.05, 3.63) is 29.3 Å². The van der Waals surface area contributed by atoms with E-state index in [4.69, 9.17) is 0 Å². The number of nitrogens with zero attached hydrogens (tertiary/aromatic N) is 1. The van der Waals surface area contributed by atoms with E-state index < -0.39 is 0 Å². The van der Waals surface area contributed by atoms with Crippen molar-refractivity contribution in [3.8, 4) is 0 Å². The zero-order chi connectivity index (χ0) is 16.3. The molecule has 2 aliphatic rings. The van der Waals surface area contributed by atoms with E-state index in [2.05, 4.69) is 35.7 Å². The van der Waals surface area contributed by atoms with Crippen molar-refractivity contribution in [2.75, 3.05) is 32.5 Å². The first kappa shape index (κ1) is 16.3. The Morgan fingerprint density at radius 3 is 2.74 bits per heavy atom. The average Bonchev–Trinajstić information content (AvgIpc) is 2.60. The predicted octanol–water partition coefficient (Wildman–Crippen LogP) is 3.04. The number of anilines is 1. The molecule has 0 aromatic heterocycles. The van der Waals surface area contributed by atoms with Gasteiger partial charge in [-0.25, -0.2) is 0 Å². The fourth-order valence-corrected chi connectivity index (χ4v) is 4.05. The van der Waals surface area contributed by atoms with Gasteiger partial charge in [-0.1, -0.05) is 25.3 Å². The van der Waals surface area contributed by atoms with Gasteiger partial charge in [0.15, 0.2) is 0 Å². The molecule has 0 bridgehead atoms. The highest BCUT2D eigenvalue weighted by molar-refractivity contribution is 5.97. The second-order valence-electron chi connectivity index (χ2n) is 7.22. The number of fused-ring (bicyclic) bond motifs is 1. The van der Waals surface area contributed by atoms with Gasteiger partial charge in [0.25, 0.3) is 5.91 Å². The Bertz CT molecular complexity index is 562. The molecule has 1 fully saturated rings. The summed E-state index contributed by atoms with van der Waals surface area (Å²) in [4.78, 5) is 15.1. The van der Waals surface area contributed by atoms with Crippen LogP contribution in [0.15, 0.2) is 18.2 Å². The quantitative estimate of drug-likeness (QED) is 0.897. The number of hydrogen-bond donors (Lipinski definition) is 2. The van der Waals surface area contributed by atoms with Gasteiger partial charge in [-0.2, -0.15) is 0 Å². The van der Waals surface area contributed by atoms with Crippen LogP contribution in [0.1, 0.15) is 54.4 Å². The average molecular weight is 315 g/mol. The molecule has 126 valence electrons. The SMILES string of the molecule is CN(C)C1(CNC(=O)c2cccc3c2CCCN3)CCCCC1. The van der Waals surface area contributed by atoms with Crippen molar-refractivity contribution >= 4 is 11.6 Å². The summed E-state index contributed by atoms with van der Waals surface area (Å²) < 4.78 is 0. The molecule has 2 N–H and O–H groups in total. The lowest BCUT2D eigenvalue weighted by atomic mass is 9.80. The zero-order valence-corrected chi connectivity index (χ0v) is 14.5. The maximum Gasteiger partial charge on any atom is 0.251 e. The molecular formula is C19H29N3O. The Labute approximate surface area is 139 Å². The van der Waals surface area contributed by atoms with Crippen molar-refractivity contribution in [3.63, 3.8) is 0 Å². The lowest BCUT2D eigenvalue weighted by Gasteiger charge is -2.43. The molecule has 0 radical (unpaired) electrons. The summed E-state index contributed by atoms with van der Waals surface area (Å²) in [6.45, 7) is 1.75. The predicted molar refractivity (Wildman–Crippen MR) is 95.1 cm³/mol. The standard InChI is InChI=1S/C19H29N3O/c1-22(2)19(11-4-3-5-12-19)14-21-18(23)16-8-6-10-17-15(16)9-7-13-20-17/h6,8,10,20H,3-5,7,9,11-14H2,1-2H3,(H,21,23). The monoisotopic (exact) mass is 315 g/mol. The number of likely N-dealkylation sites (N-methyl/N-ethyl adjacent to an activating group) is 1. The molecule has 1 aromatic carbocycles. The van der Waals surface area contributed by atoms with E-state index >= 15 is 0 Å². The molecule has 0 spiro atoms. The first-order chi connectivity index (χ1) is 11.1. The molecule has 1 saturated carbocycles. The van der Waals surface area contributed by atoms with E-state index in [1.54, 1.807) is 0 Å². The Hall–Kier alpha value is -1.55. The minimum absolute atomic E-state index is 0.0809. The van der Waals surface area contributed by atoms with Crippen LogP contribution in [0.5, 0.6) is 0 Å².